The van der Waals surface area contributed by atoms with Gasteiger partial charge < -0.3 is 4.74 Å². The summed E-state index contributed by atoms with van der Waals surface area (Å²) in [4.78, 5) is 11.3. The molecule has 2 rings (SSSR count). The lowest BCUT2D eigenvalue weighted by molar-refractivity contribution is 0.0589. The molecular weight excluding hydrogens is 302 g/mol. The Balaban J connectivity index is 2.17. The van der Waals surface area contributed by atoms with Gasteiger partial charge in [0.25, 0.3) is 0 Å². The number of hydrogen-bond acceptors (Lipinski definition) is 4. The number of nitrogens with zero attached hydrogens (tertiary/aromatic N) is 2. The zero-order chi connectivity index (χ0) is 17.2. The predicted molar refractivity (Wildman–Crippen MR) is 83.8 cm³/mol. The third kappa shape index (κ3) is 3.57. The van der Waals surface area contributed by atoms with Crippen LogP contribution in [0.3, 0.4) is 0 Å². The Bertz CT molecular complexity index is 632. The van der Waals surface area contributed by atoms with Crippen molar-refractivity contribution in [3.63, 3.8) is 0 Å². The fourth-order valence-electron chi connectivity index (χ4n) is 2.16. The van der Waals surface area contributed by atoms with Gasteiger partial charge in [-0.3, -0.25) is 5.01 Å². The van der Waals surface area contributed by atoms with Gasteiger partial charge in [0.15, 0.2) is 0 Å². The highest BCUT2D eigenvalue weighted by molar-refractivity contribution is 5.90. The van der Waals surface area contributed by atoms with Crippen LogP contribution in [0.5, 0.6) is 0 Å². The van der Waals surface area contributed by atoms with Gasteiger partial charge in [-0.25, -0.2) is 13.6 Å². The maximum absolute atomic E-state index is 13.9. The van der Waals surface area contributed by atoms with Crippen LogP contribution in [0.4, 0.5) is 8.78 Å². The van der Waals surface area contributed by atoms with Gasteiger partial charge >= 0.3 is 5.97 Å². The van der Waals surface area contributed by atoms with Crippen LogP contribution < -0.4 is 0 Å². The monoisotopic (exact) mass is 322 g/mol. The second-order valence-corrected chi connectivity index (χ2v) is 6.10. The smallest absolute Gasteiger partial charge is 0.343 e. The molecule has 0 aromatic heterocycles. The van der Waals surface area contributed by atoms with Crippen LogP contribution in [0.25, 0.3) is 0 Å². The van der Waals surface area contributed by atoms with Crippen molar-refractivity contribution in [2.24, 2.45) is 16.4 Å². The molecule has 124 valence electrons. The molecule has 0 bridgehead atoms. The molecule has 0 fully saturated rings. The first kappa shape index (κ1) is 17.1. The minimum absolute atomic E-state index is 0.137. The average molecular weight is 322 g/mol. The third-order valence-electron chi connectivity index (χ3n) is 4.17. The Morgan fingerprint density at radius 1 is 1.35 bits per heavy atom. The predicted octanol–water partition coefficient (Wildman–Crippen LogP) is 3.73. The van der Waals surface area contributed by atoms with E-state index < -0.39 is 23.2 Å². The molecule has 1 heterocycles. The maximum atomic E-state index is 13.9. The van der Waals surface area contributed by atoms with E-state index in [0.717, 1.165) is 19.2 Å². The summed E-state index contributed by atoms with van der Waals surface area (Å²) in [5.41, 5.74) is -0.439. The summed E-state index contributed by atoms with van der Waals surface area (Å²) in [5.74, 6) is -2.53. The van der Waals surface area contributed by atoms with E-state index in [9.17, 15) is 13.6 Å². The highest BCUT2D eigenvalue weighted by Gasteiger charge is 2.26. The van der Waals surface area contributed by atoms with Gasteiger partial charge in [-0.15, -0.1) is 0 Å². The third-order valence-corrected chi connectivity index (χ3v) is 4.17. The van der Waals surface area contributed by atoms with Crippen LogP contribution in [0, 0.1) is 23.0 Å². The Morgan fingerprint density at radius 2 is 1.96 bits per heavy atom. The summed E-state index contributed by atoms with van der Waals surface area (Å²) in [7, 11) is 1.08. The van der Waals surface area contributed by atoms with Crippen LogP contribution in [0.2, 0.25) is 0 Å². The van der Waals surface area contributed by atoms with Crippen LogP contribution in [-0.4, -0.2) is 24.3 Å². The van der Waals surface area contributed by atoms with Crippen LogP contribution in [0.15, 0.2) is 29.5 Å². The van der Waals surface area contributed by atoms with E-state index in [-0.39, 0.29) is 12.0 Å². The molecular formula is C17H20F2N2O2. The SMILES string of the molecule is COC(=O)c1c(F)cc(CN2C=CC(C)(C(C)C)C=N2)cc1F. The highest BCUT2D eigenvalue weighted by atomic mass is 19.1. The van der Waals surface area contributed by atoms with Crippen molar-refractivity contribution < 1.29 is 18.3 Å². The minimum atomic E-state index is -1.03. The average Bonchev–Trinajstić information content (AvgIpc) is 2.48. The Labute approximate surface area is 134 Å². The molecule has 4 nitrogen and oxygen atoms in total. The Kier molecular flexibility index (Phi) is 4.82. The van der Waals surface area contributed by atoms with Crippen molar-refractivity contribution in [3.8, 4) is 0 Å². The molecule has 6 heteroatoms. The number of hydrazone groups is 1. The second kappa shape index (κ2) is 6.48. The molecule has 1 aliphatic rings. The van der Waals surface area contributed by atoms with Gasteiger partial charge in [-0.05, 0) is 23.6 Å². The number of halogens is 2. The highest BCUT2D eigenvalue weighted by Crippen LogP contribution is 2.29. The number of allylic oxidation sites excluding steroid dienone is 1. The molecule has 0 saturated heterocycles. The summed E-state index contributed by atoms with van der Waals surface area (Å²) in [6.45, 7) is 6.47. The lowest BCUT2D eigenvalue weighted by Crippen LogP contribution is -2.28. The first-order valence-corrected chi connectivity index (χ1v) is 7.34. The number of hydrogen-bond donors (Lipinski definition) is 0. The summed E-state index contributed by atoms with van der Waals surface area (Å²) in [6.07, 6.45) is 5.64. The van der Waals surface area contributed by atoms with E-state index in [4.69, 9.17) is 0 Å². The lowest BCUT2D eigenvalue weighted by atomic mass is 9.80. The maximum Gasteiger partial charge on any atom is 0.343 e. The number of carbonyl (C=O) groups excluding carboxylic acids is 1. The molecule has 0 radical (unpaired) electrons. The normalized spacial score (nSPS) is 20.2. The molecule has 0 aliphatic carbocycles. The van der Waals surface area contributed by atoms with E-state index in [1.54, 1.807) is 11.2 Å². The van der Waals surface area contributed by atoms with Gasteiger partial charge in [0.1, 0.15) is 17.2 Å². The second-order valence-electron chi connectivity index (χ2n) is 6.10. The van der Waals surface area contributed by atoms with Crippen molar-refractivity contribution in [1.82, 2.24) is 5.01 Å². The van der Waals surface area contributed by atoms with Crippen molar-refractivity contribution in [1.29, 1.82) is 0 Å². The number of methoxy groups -OCH3 is 1. The lowest BCUT2D eigenvalue weighted by Gasteiger charge is -2.31. The van der Waals surface area contributed by atoms with Crippen molar-refractivity contribution in [2.45, 2.75) is 27.3 Å². The first-order chi connectivity index (χ1) is 10.8. The largest absolute Gasteiger partial charge is 0.465 e. The van der Waals surface area contributed by atoms with Gasteiger partial charge in [-0.1, -0.05) is 26.8 Å². The quantitative estimate of drug-likeness (QED) is 0.793. The molecule has 0 spiro atoms. The zero-order valence-electron chi connectivity index (χ0n) is 13.6. The van der Waals surface area contributed by atoms with Gasteiger partial charge in [0.05, 0.1) is 13.7 Å². The summed E-state index contributed by atoms with van der Waals surface area (Å²) < 4.78 is 32.2. The Morgan fingerprint density at radius 3 is 2.39 bits per heavy atom. The Hall–Kier alpha value is -2.24. The van der Waals surface area contributed by atoms with E-state index >= 15 is 0 Å². The molecule has 0 amide bonds. The van der Waals surface area contributed by atoms with Crippen LogP contribution in [0.1, 0.15) is 36.7 Å². The minimum Gasteiger partial charge on any atom is -0.465 e. The number of carbonyl (C=O) groups is 1. The summed E-state index contributed by atoms with van der Waals surface area (Å²) >= 11 is 0. The topological polar surface area (TPSA) is 41.9 Å². The van der Waals surface area contributed by atoms with Crippen LogP contribution in [-0.2, 0) is 11.3 Å². The zero-order valence-corrected chi connectivity index (χ0v) is 13.6. The standard InChI is InChI=1S/C17H20F2N2O2/c1-11(2)17(3)5-6-21(20-10-17)9-12-7-13(18)15(14(19)8-12)16(22)23-4/h5-8,10-11H,9H2,1-4H3. The summed E-state index contributed by atoms with van der Waals surface area (Å²) in [6, 6.07) is 2.24. The van der Waals surface area contributed by atoms with E-state index in [0.29, 0.717) is 11.5 Å². The number of ether oxygens (including phenoxy) is 1. The molecule has 0 N–H and O–H groups in total. The number of rotatable bonds is 4. The van der Waals surface area contributed by atoms with Gasteiger partial charge in [0.2, 0.25) is 0 Å². The number of benzene rings is 1. The van der Waals surface area contributed by atoms with E-state index in [1.807, 2.05) is 12.3 Å². The van der Waals surface area contributed by atoms with Gasteiger partial charge in [-0.2, -0.15) is 5.10 Å². The van der Waals surface area contributed by atoms with Crippen molar-refractivity contribution >= 4 is 12.2 Å². The molecule has 1 aromatic carbocycles. The van der Waals surface area contributed by atoms with E-state index in [2.05, 4.69) is 30.6 Å². The van der Waals surface area contributed by atoms with Crippen LogP contribution >= 0.6 is 0 Å². The molecule has 0 saturated carbocycles. The van der Waals surface area contributed by atoms with E-state index in [1.165, 1.54) is 0 Å². The molecule has 1 aliphatic heterocycles. The van der Waals surface area contributed by atoms with Crippen molar-refractivity contribution in [2.75, 3.05) is 7.11 Å². The molecule has 1 unspecified atom stereocenters. The summed E-state index contributed by atoms with van der Waals surface area (Å²) in [5, 5.41) is 5.91. The number of esters is 1. The first-order valence-electron chi connectivity index (χ1n) is 7.34. The van der Waals surface area contributed by atoms with Crippen molar-refractivity contribution in [3.05, 3.63) is 47.2 Å². The fraction of sp³-hybridized carbons (Fsp3) is 0.412. The molecule has 1 aromatic rings. The fourth-order valence-corrected chi connectivity index (χ4v) is 2.16. The molecule has 1 atom stereocenters. The molecule has 23 heavy (non-hydrogen) atoms. The van der Waals surface area contributed by atoms with Gasteiger partial charge in [0, 0.05) is 17.8 Å².